The van der Waals surface area contributed by atoms with E-state index in [2.05, 4.69) is 25.4 Å². The minimum atomic E-state index is -1.46. The van der Waals surface area contributed by atoms with Gasteiger partial charge < -0.3 is 5.32 Å². The molecule has 0 fully saturated rings. The van der Waals surface area contributed by atoms with Gasteiger partial charge >= 0.3 is 0 Å². The third kappa shape index (κ3) is 7.66. The second-order valence-electron chi connectivity index (χ2n) is 9.12. The normalized spacial score (nSPS) is 13.3. The fraction of sp³-hybridized carbons (Fsp3) is 0.250. The Kier molecular flexibility index (Phi) is 9.10. The van der Waals surface area contributed by atoms with Crippen molar-refractivity contribution in [1.29, 1.82) is 0 Å². The highest BCUT2D eigenvalue weighted by atomic mass is 32.2. The molecule has 0 radical (unpaired) electrons. The van der Waals surface area contributed by atoms with Crippen molar-refractivity contribution in [2.24, 2.45) is 5.92 Å². The van der Waals surface area contributed by atoms with Crippen LogP contribution in [0.4, 0.5) is 0 Å². The molecule has 4 aromatic rings. The van der Waals surface area contributed by atoms with Crippen LogP contribution in [0.1, 0.15) is 35.1 Å². The monoisotopic (exact) mass is 530 g/mol. The predicted octanol–water partition coefficient (Wildman–Crippen LogP) is 3.17. The number of hydrogen-bond donors (Lipinski definition) is 2. The van der Waals surface area contributed by atoms with E-state index in [0.29, 0.717) is 19.4 Å². The molecule has 0 spiro atoms. The maximum absolute atomic E-state index is 13.0. The van der Waals surface area contributed by atoms with Crippen molar-refractivity contribution in [2.45, 2.75) is 32.4 Å². The number of aromatic nitrogens is 4. The second kappa shape index (κ2) is 12.9. The lowest BCUT2D eigenvalue weighted by molar-refractivity contribution is -0.122. The lowest BCUT2D eigenvalue weighted by Crippen LogP contribution is -2.41. The summed E-state index contributed by atoms with van der Waals surface area (Å²) in [4.78, 5) is 26.8. The molecule has 1 aromatic heterocycles. The number of rotatable bonds is 11. The van der Waals surface area contributed by atoms with Crippen LogP contribution in [0.5, 0.6) is 0 Å². The van der Waals surface area contributed by atoms with Crippen molar-refractivity contribution in [3.63, 3.8) is 0 Å². The van der Waals surface area contributed by atoms with Gasteiger partial charge in [0.15, 0.2) is 0 Å². The van der Waals surface area contributed by atoms with E-state index in [9.17, 15) is 13.8 Å². The molecule has 0 bridgehead atoms. The van der Waals surface area contributed by atoms with Crippen LogP contribution in [0.2, 0.25) is 0 Å². The number of hydrogen-bond acceptors (Lipinski definition) is 6. The van der Waals surface area contributed by atoms with Crippen LogP contribution in [0.3, 0.4) is 0 Å². The van der Waals surface area contributed by atoms with Gasteiger partial charge in [0, 0.05) is 18.2 Å². The van der Waals surface area contributed by atoms with Crippen LogP contribution in [0.25, 0.3) is 11.1 Å². The summed E-state index contributed by atoms with van der Waals surface area (Å²) < 4.78 is 13.9. The van der Waals surface area contributed by atoms with E-state index >= 15 is 0 Å². The van der Waals surface area contributed by atoms with E-state index in [1.165, 1.54) is 11.1 Å². The summed E-state index contributed by atoms with van der Waals surface area (Å²) in [5, 5.41) is 15.1. The van der Waals surface area contributed by atoms with Crippen LogP contribution in [-0.2, 0) is 28.7 Å². The minimum Gasteiger partial charge on any atom is -0.346 e. The molecule has 0 saturated heterocycles. The van der Waals surface area contributed by atoms with E-state index in [1.807, 2.05) is 84.9 Å². The summed E-state index contributed by atoms with van der Waals surface area (Å²) in [6.45, 7) is 2.14. The molecular weight excluding hydrogens is 500 g/mol. The highest BCUT2D eigenvalue weighted by molar-refractivity contribution is 7.82. The SMILES string of the molecule is CC(CC(Cc1ccc(-c2ccccc2)cc1)NC(=O)c1nnn(Cc2ccccc2)n1)C(=O)NS(C)=O. The molecule has 3 unspecified atom stereocenters. The average molecular weight is 531 g/mol. The van der Waals surface area contributed by atoms with E-state index < -0.39 is 28.9 Å². The third-order valence-electron chi connectivity index (χ3n) is 6.03. The molecule has 2 N–H and O–H groups in total. The molecule has 0 saturated carbocycles. The van der Waals surface area contributed by atoms with Gasteiger partial charge in [0.25, 0.3) is 11.7 Å². The van der Waals surface area contributed by atoms with Gasteiger partial charge in [-0.3, -0.25) is 14.3 Å². The van der Waals surface area contributed by atoms with Crippen molar-refractivity contribution in [2.75, 3.05) is 6.26 Å². The van der Waals surface area contributed by atoms with Crippen molar-refractivity contribution < 1.29 is 13.8 Å². The second-order valence-corrected chi connectivity index (χ2v) is 10.2. The fourth-order valence-electron chi connectivity index (χ4n) is 4.12. The van der Waals surface area contributed by atoms with Crippen molar-refractivity contribution in [3.8, 4) is 11.1 Å². The van der Waals surface area contributed by atoms with Gasteiger partial charge in [-0.05, 0) is 40.3 Å². The maximum Gasteiger partial charge on any atom is 0.293 e. The molecule has 9 nitrogen and oxygen atoms in total. The number of tetrazole rings is 1. The summed E-state index contributed by atoms with van der Waals surface area (Å²) in [6, 6.07) is 27.4. The standard InChI is InChI=1S/C28H30N6O3S/c1-20(27(35)32-38(2)37)17-25(18-21-13-15-24(16-14-21)23-11-7-4-8-12-23)29-28(36)26-30-33-34(31-26)19-22-9-5-3-6-10-22/h3-16,20,25H,17-19H2,1-2H3,(H,29,36)(H,32,35). The summed E-state index contributed by atoms with van der Waals surface area (Å²) in [7, 11) is -1.46. The van der Waals surface area contributed by atoms with Gasteiger partial charge in [-0.1, -0.05) is 91.9 Å². The lowest BCUT2D eigenvalue weighted by Gasteiger charge is -2.21. The van der Waals surface area contributed by atoms with E-state index in [0.717, 1.165) is 22.3 Å². The van der Waals surface area contributed by atoms with Crippen LogP contribution in [0, 0.1) is 5.92 Å². The largest absolute Gasteiger partial charge is 0.346 e. The van der Waals surface area contributed by atoms with Gasteiger partial charge in [0.2, 0.25) is 5.91 Å². The van der Waals surface area contributed by atoms with E-state index in [-0.39, 0.29) is 11.7 Å². The topological polar surface area (TPSA) is 119 Å². The molecule has 196 valence electrons. The van der Waals surface area contributed by atoms with Crippen LogP contribution in [0.15, 0.2) is 84.9 Å². The van der Waals surface area contributed by atoms with Crippen LogP contribution < -0.4 is 10.0 Å². The Balaban J connectivity index is 1.47. The fourth-order valence-corrected chi connectivity index (χ4v) is 4.60. The molecule has 3 aromatic carbocycles. The zero-order valence-corrected chi connectivity index (χ0v) is 22.1. The lowest BCUT2D eigenvalue weighted by atomic mass is 9.94. The number of nitrogens with one attached hydrogen (secondary N) is 2. The van der Waals surface area contributed by atoms with Gasteiger partial charge in [-0.15, -0.1) is 10.2 Å². The van der Waals surface area contributed by atoms with Gasteiger partial charge in [0.05, 0.1) is 6.54 Å². The molecule has 0 aliphatic rings. The van der Waals surface area contributed by atoms with E-state index in [1.54, 1.807) is 6.92 Å². The molecule has 3 atom stereocenters. The molecule has 38 heavy (non-hydrogen) atoms. The number of amides is 2. The van der Waals surface area contributed by atoms with Crippen LogP contribution in [-0.4, -0.2) is 48.5 Å². The van der Waals surface area contributed by atoms with Crippen LogP contribution >= 0.6 is 0 Å². The van der Waals surface area contributed by atoms with Gasteiger partial charge in [0.1, 0.15) is 11.0 Å². The highest BCUT2D eigenvalue weighted by Crippen LogP contribution is 2.21. The number of benzene rings is 3. The van der Waals surface area contributed by atoms with E-state index in [4.69, 9.17) is 0 Å². The molecule has 1 heterocycles. The zero-order chi connectivity index (χ0) is 26.9. The number of carbonyl (C=O) groups excluding carboxylic acids is 2. The first kappa shape index (κ1) is 26.9. The van der Waals surface area contributed by atoms with Crippen molar-refractivity contribution in [1.82, 2.24) is 30.2 Å². The zero-order valence-electron chi connectivity index (χ0n) is 21.3. The smallest absolute Gasteiger partial charge is 0.293 e. The quantitative estimate of drug-likeness (QED) is 0.308. The maximum atomic E-state index is 13.0. The first-order valence-electron chi connectivity index (χ1n) is 12.3. The molecule has 4 rings (SSSR count). The first-order valence-corrected chi connectivity index (χ1v) is 13.8. The van der Waals surface area contributed by atoms with Crippen molar-refractivity contribution in [3.05, 3.63) is 102 Å². The Bertz CT molecular complexity index is 1380. The summed E-state index contributed by atoms with van der Waals surface area (Å²) in [5.41, 5.74) is 4.20. The van der Waals surface area contributed by atoms with Gasteiger partial charge in [-0.2, -0.15) is 4.80 Å². The predicted molar refractivity (Wildman–Crippen MR) is 146 cm³/mol. The minimum absolute atomic E-state index is 0.0443. The molecule has 0 aliphatic heterocycles. The first-order chi connectivity index (χ1) is 18.4. The Morgan fingerprint density at radius 2 is 1.53 bits per heavy atom. The molecule has 0 aliphatic carbocycles. The number of nitrogens with zero attached hydrogens (tertiary/aromatic N) is 4. The summed E-state index contributed by atoms with van der Waals surface area (Å²) in [5.74, 6) is -1.33. The van der Waals surface area contributed by atoms with Crippen molar-refractivity contribution >= 4 is 22.8 Å². The summed E-state index contributed by atoms with van der Waals surface area (Å²) >= 11 is 0. The Morgan fingerprint density at radius 3 is 2.18 bits per heavy atom. The Hall–Kier alpha value is -4.18. The number of carbonyl (C=O) groups is 2. The highest BCUT2D eigenvalue weighted by Gasteiger charge is 2.24. The molecule has 10 heteroatoms. The molecule has 2 amide bonds. The Morgan fingerprint density at radius 1 is 0.895 bits per heavy atom. The molecular formula is C28H30N6O3S. The summed E-state index contributed by atoms with van der Waals surface area (Å²) in [6.07, 6.45) is 2.24. The Labute approximate surface area is 224 Å². The average Bonchev–Trinajstić information content (AvgIpc) is 3.38. The van der Waals surface area contributed by atoms with Gasteiger partial charge in [-0.25, -0.2) is 4.21 Å². The third-order valence-corrected chi connectivity index (χ3v) is 6.52.